The first-order valence-corrected chi connectivity index (χ1v) is 7.84. The summed E-state index contributed by atoms with van der Waals surface area (Å²) in [6.45, 7) is 0.842. The predicted molar refractivity (Wildman–Crippen MR) is 72.3 cm³/mol. The number of hydrogen-bond donors (Lipinski definition) is 1. The van der Waals surface area contributed by atoms with E-state index in [0.29, 0.717) is 19.0 Å². The summed E-state index contributed by atoms with van der Waals surface area (Å²) in [5.74, 6) is 0.663. The molecule has 0 unspecified atom stereocenters. The average Bonchev–Trinajstić information content (AvgIpc) is 3.13. The van der Waals surface area contributed by atoms with Crippen LogP contribution in [0.2, 0.25) is 0 Å². The molecule has 1 aliphatic rings. The van der Waals surface area contributed by atoms with Crippen LogP contribution < -0.4 is 5.73 Å². The van der Waals surface area contributed by atoms with E-state index >= 15 is 0 Å². The van der Waals surface area contributed by atoms with Gasteiger partial charge in [0, 0.05) is 20.1 Å². The maximum absolute atomic E-state index is 12.1. The van der Waals surface area contributed by atoms with E-state index in [9.17, 15) is 8.42 Å². The second kappa shape index (κ2) is 5.38. The molecule has 0 atom stereocenters. The standard InChI is InChI=1S/C13H20N2O2S/c1-15(18(16,17)10-11-6-7-11)9-13-5-3-2-4-12(13)8-14/h2-5,11H,6-10,14H2,1H3. The molecule has 1 saturated carbocycles. The van der Waals surface area contributed by atoms with E-state index in [1.54, 1.807) is 7.05 Å². The number of rotatable bonds is 6. The third-order valence-electron chi connectivity index (χ3n) is 3.35. The van der Waals surface area contributed by atoms with Crippen molar-refractivity contribution < 1.29 is 8.42 Å². The molecule has 0 bridgehead atoms. The molecule has 0 radical (unpaired) electrons. The Kier molecular flexibility index (Phi) is 4.04. The smallest absolute Gasteiger partial charge is 0.214 e. The molecule has 0 aromatic heterocycles. The molecular formula is C13H20N2O2S. The van der Waals surface area contributed by atoms with Gasteiger partial charge in [0.05, 0.1) is 5.75 Å². The Morgan fingerprint density at radius 2 is 1.89 bits per heavy atom. The minimum Gasteiger partial charge on any atom is -0.326 e. The van der Waals surface area contributed by atoms with Crippen LogP contribution in [0.3, 0.4) is 0 Å². The van der Waals surface area contributed by atoms with Gasteiger partial charge >= 0.3 is 0 Å². The van der Waals surface area contributed by atoms with Gasteiger partial charge in [0.2, 0.25) is 10.0 Å². The van der Waals surface area contributed by atoms with Crippen LogP contribution in [0, 0.1) is 5.92 Å². The molecule has 0 amide bonds. The monoisotopic (exact) mass is 268 g/mol. The van der Waals surface area contributed by atoms with E-state index in [1.165, 1.54) is 4.31 Å². The van der Waals surface area contributed by atoms with Crippen LogP contribution in [0.15, 0.2) is 24.3 Å². The topological polar surface area (TPSA) is 63.4 Å². The largest absolute Gasteiger partial charge is 0.326 e. The van der Waals surface area contributed by atoms with E-state index in [-0.39, 0.29) is 5.75 Å². The van der Waals surface area contributed by atoms with Gasteiger partial charge in [-0.05, 0) is 29.9 Å². The summed E-state index contributed by atoms with van der Waals surface area (Å²) in [7, 11) is -1.48. The molecule has 1 aromatic rings. The molecule has 2 N–H and O–H groups in total. The number of benzene rings is 1. The number of nitrogens with zero attached hydrogens (tertiary/aromatic N) is 1. The van der Waals surface area contributed by atoms with Gasteiger partial charge in [-0.2, -0.15) is 0 Å². The Bertz CT molecular complexity index is 509. The van der Waals surface area contributed by atoms with E-state index in [0.717, 1.165) is 24.0 Å². The van der Waals surface area contributed by atoms with Crippen molar-refractivity contribution in [3.8, 4) is 0 Å². The highest BCUT2D eigenvalue weighted by molar-refractivity contribution is 7.89. The number of sulfonamides is 1. The van der Waals surface area contributed by atoms with Gasteiger partial charge in [0.1, 0.15) is 0 Å². The molecular weight excluding hydrogens is 248 g/mol. The zero-order valence-electron chi connectivity index (χ0n) is 10.7. The van der Waals surface area contributed by atoms with Crippen LogP contribution in [0.1, 0.15) is 24.0 Å². The molecule has 100 valence electrons. The SMILES string of the molecule is CN(Cc1ccccc1CN)S(=O)(=O)CC1CC1. The molecule has 0 spiro atoms. The maximum Gasteiger partial charge on any atom is 0.214 e. The molecule has 1 fully saturated rings. The summed E-state index contributed by atoms with van der Waals surface area (Å²) in [4.78, 5) is 0. The fourth-order valence-corrected chi connectivity index (χ4v) is 3.48. The second-order valence-corrected chi connectivity index (χ2v) is 7.07. The summed E-state index contributed by atoms with van der Waals surface area (Å²) in [6, 6.07) is 7.71. The summed E-state index contributed by atoms with van der Waals surface area (Å²) < 4.78 is 25.6. The first-order valence-electron chi connectivity index (χ1n) is 6.24. The molecule has 2 rings (SSSR count). The van der Waals surface area contributed by atoms with Crippen molar-refractivity contribution in [2.24, 2.45) is 11.7 Å². The molecule has 4 nitrogen and oxygen atoms in total. The highest BCUT2D eigenvalue weighted by atomic mass is 32.2. The Balaban J connectivity index is 2.07. The van der Waals surface area contributed by atoms with E-state index < -0.39 is 10.0 Å². The van der Waals surface area contributed by atoms with Crippen molar-refractivity contribution in [1.82, 2.24) is 4.31 Å². The lowest BCUT2D eigenvalue weighted by Gasteiger charge is -2.18. The summed E-state index contributed by atoms with van der Waals surface area (Å²) in [5.41, 5.74) is 7.65. The third kappa shape index (κ3) is 3.31. The molecule has 18 heavy (non-hydrogen) atoms. The van der Waals surface area contributed by atoms with Gasteiger partial charge in [-0.15, -0.1) is 0 Å². The van der Waals surface area contributed by atoms with E-state index in [1.807, 2.05) is 24.3 Å². The molecule has 0 aliphatic heterocycles. The van der Waals surface area contributed by atoms with Crippen molar-refractivity contribution >= 4 is 10.0 Å². The predicted octanol–water partition coefficient (Wildman–Crippen LogP) is 1.32. The van der Waals surface area contributed by atoms with Gasteiger partial charge in [-0.3, -0.25) is 0 Å². The normalized spacial score (nSPS) is 16.2. The Labute approximate surface area is 109 Å². The van der Waals surface area contributed by atoms with Crippen molar-refractivity contribution in [2.75, 3.05) is 12.8 Å². The van der Waals surface area contributed by atoms with Crippen LogP contribution in [0.25, 0.3) is 0 Å². The molecule has 0 heterocycles. The number of nitrogens with two attached hydrogens (primary N) is 1. The van der Waals surface area contributed by atoms with E-state index in [4.69, 9.17) is 5.73 Å². The summed E-state index contributed by atoms with van der Waals surface area (Å²) in [5, 5.41) is 0. The Hall–Kier alpha value is -0.910. The molecule has 0 saturated heterocycles. The lowest BCUT2D eigenvalue weighted by molar-refractivity contribution is 0.463. The second-order valence-electron chi connectivity index (χ2n) is 4.95. The van der Waals surface area contributed by atoms with Crippen molar-refractivity contribution in [3.05, 3.63) is 35.4 Å². The average molecular weight is 268 g/mol. The lowest BCUT2D eigenvalue weighted by Crippen LogP contribution is -2.30. The van der Waals surface area contributed by atoms with Crippen molar-refractivity contribution in [1.29, 1.82) is 0 Å². The van der Waals surface area contributed by atoms with Gasteiger partial charge in [-0.25, -0.2) is 12.7 Å². The minimum atomic E-state index is -3.13. The maximum atomic E-state index is 12.1. The van der Waals surface area contributed by atoms with Crippen molar-refractivity contribution in [2.45, 2.75) is 25.9 Å². The lowest BCUT2D eigenvalue weighted by atomic mass is 10.1. The highest BCUT2D eigenvalue weighted by Gasteiger charge is 2.30. The van der Waals surface area contributed by atoms with Crippen LogP contribution in [0.5, 0.6) is 0 Å². The minimum absolute atomic E-state index is 0.286. The van der Waals surface area contributed by atoms with Crippen molar-refractivity contribution in [3.63, 3.8) is 0 Å². The van der Waals surface area contributed by atoms with Crippen LogP contribution >= 0.6 is 0 Å². The fraction of sp³-hybridized carbons (Fsp3) is 0.538. The fourth-order valence-electron chi connectivity index (χ4n) is 1.96. The van der Waals surface area contributed by atoms with Crippen LogP contribution in [-0.2, 0) is 23.1 Å². The quantitative estimate of drug-likeness (QED) is 0.846. The Morgan fingerprint density at radius 3 is 2.44 bits per heavy atom. The van der Waals surface area contributed by atoms with Crippen LogP contribution in [0.4, 0.5) is 0 Å². The Morgan fingerprint density at radius 1 is 1.28 bits per heavy atom. The van der Waals surface area contributed by atoms with Gasteiger partial charge < -0.3 is 5.73 Å². The number of hydrogen-bond acceptors (Lipinski definition) is 3. The summed E-state index contributed by atoms with van der Waals surface area (Å²) in [6.07, 6.45) is 2.10. The van der Waals surface area contributed by atoms with Gasteiger partial charge in [-0.1, -0.05) is 24.3 Å². The molecule has 1 aliphatic carbocycles. The molecule has 1 aromatic carbocycles. The summed E-state index contributed by atoms with van der Waals surface area (Å²) >= 11 is 0. The molecule has 5 heteroatoms. The van der Waals surface area contributed by atoms with Gasteiger partial charge in [0.25, 0.3) is 0 Å². The van der Waals surface area contributed by atoms with Crippen LogP contribution in [-0.4, -0.2) is 25.5 Å². The van der Waals surface area contributed by atoms with Gasteiger partial charge in [0.15, 0.2) is 0 Å². The first-order chi connectivity index (χ1) is 8.53. The third-order valence-corrected chi connectivity index (χ3v) is 5.32. The zero-order valence-corrected chi connectivity index (χ0v) is 11.5. The highest BCUT2D eigenvalue weighted by Crippen LogP contribution is 2.31. The zero-order chi connectivity index (χ0) is 13.2. The van der Waals surface area contributed by atoms with E-state index in [2.05, 4.69) is 0 Å². The first kappa shape index (κ1) is 13.5.